The van der Waals surface area contributed by atoms with Gasteiger partial charge in [-0.05, 0) is 30.7 Å². The molecule has 1 aliphatic heterocycles. The normalized spacial score (nSPS) is 17.6. The Hall–Kier alpha value is -1.26. The smallest absolute Gasteiger partial charge is 0.122 e. The Morgan fingerprint density at radius 2 is 2.11 bits per heavy atom. The number of aliphatic hydroxyl groups is 1. The summed E-state index contributed by atoms with van der Waals surface area (Å²) in [6.07, 6.45) is 0.250. The molecule has 1 aromatic carbocycles. The lowest BCUT2D eigenvalue weighted by Crippen LogP contribution is -2.36. The molecule has 0 aromatic heterocycles. The van der Waals surface area contributed by atoms with E-state index in [2.05, 4.69) is 17.0 Å². The molecule has 4 nitrogen and oxygen atoms in total. The maximum absolute atomic E-state index is 9.54. The summed E-state index contributed by atoms with van der Waals surface area (Å²) in [6.45, 7) is 5.18. The van der Waals surface area contributed by atoms with Crippen molar-refractivity contribution in [1.29, 1.82) is 0 Å². The van der Waals surface area contributed by atoms with Gasteiger partial charge in [-0.25, -0.2) is 0 Å². The molecule has 1 aromatic rings. The van der Waals surface area contributed by atoms with E-state index in [0.717, 1.165) is 37.6 Å². The number of hydrogen-bond donors (Lipinski definition) is 1. The molecule has 0 amide bonds. The third-order valence-corrected chi connectivity index (χ3v) is 3.16. The number of benzene rings is 1. The third-order valence-electron chi connectivity index (χ3n) is 3.16. The molecule has 2 rings (SSSR count). The van der Waals surface area contributed by atoms with Crippen molar-refractivity contribution in [3.8, 4) is 5.75 Å². The topological polar surface area (TPSA) is 41.9 Å². The number of ether oxygens (including phenoxy) is 2. The van der Waals surface area contributed by atoms with E-state index in [1.807, 2.05) is 6.07 Å². The molecule has 1 fully saturated rings. The van der Waals surface area contributed by atoms with Crippen LogP contribution < -0.4 is 9.64 Å². The van der Waals surface area contributed by atoms with Gasteiger partial charge in [-0.2, -0.15) is 0 Å². The van der Waals surface area contributed by atoms with E-state index in [1.54, 1.807) is 14.0 Å². The standard InChI is InChI=1S/C14H21NO3/c1-11(16)9-12-10-13(3-4-14(12)17-2)15-5-7-18-8-6-15/h3-4,10-11,16H,5-9H2,1-2H3. The molecule has 0 saturated carbocycles. The fourth-order valence-electron chi connectivity index (χ4n) is 2.26. The number of hydrogen-bond acceptors (Lipinski definition) is 4. The summed E-state index contributed by atoms with van der Waals surface area (Å²) in [4.78, 5) is 2.30. The van der Waals surface area contributed by atoms with Crippen LogP contribution in [0.2, 0.25) is 0 Å². The largest absolute Gasteiger partial charge is 0.496 e. The summed E-state index contributed by atoms with van der Waals surface area (Å²) in [6, 6.07) is 6.15. The van der Waals surface area contributed by atoms with E-state index in [0.29, 0.717) is 6.42 Å². The Bertz CT molecular complexity index is 387. The lowest BCUT2D eigenvalue weighted by molar-refractivity contribution is 0.122. The van der Waals surface area contributed by atoms with Crippen molar-refractivity contribution in [2.24, 2.45) is 0 Å². The van der Waals surface area contributed by atoms with Gasteiger partial charge in [0, 0.05) is 25.2 Å². The van der Waals surface area contributed by atoms with Crippen LogP contribution in [0.4, 0.5) is 5.69 Å². The Labute approximate surface area is 108 Å². The molecule has 1 N–H and O–H groups in total. The lowest BCUT2D eigenvalue weighted by atomic mass is 10.1. The highest BCUT2D eigenvalue weighted by Crippen LogP contribution is 2.26. The van der Waals surface area contributed by atoms with Crippen molar-refractivity contribution >= 4 is 5.69 Å². The Kier molecular flexibility index (Phi) is 4.44. The first-order valence-electron chi connectivity index (χ1n) is 6.38. The fraction of sp³-hybridized carbons (Fsp3) is 0.571. The van der Waals surface area contributed by atoms with Crippen molar-refractivity contribution in [1.82, 2.24) is 0 Å². The van der Waals surface area contributed by atoms with E-state index >= 15 is 0 Å². The van der Waals surface area contributed by atoms with Gasteiger partial charge >= 0.3 is 0 Å². The maximum Gasteiger partial charge on any atom is 0.122 e. The van der Waals surface area contributed by atoms with E-state index < -0.39 is 0 Å². The van der Waals surface area contributed by atoms with Crippen LogP contribution in [0, 0.1) is 0 Å². The highest BCUT2D eigenvalue weighted by Gasteiger charge is 2.14. The van der Waals surface area contributed by atoms with Gasteiger partial charge in [-0.1, -0.05) is 0 Å². The van der Waals surface area contributed by atoms with Crippen LogP contribution in [0.3, 0.4) is 0 Å². The molecular weight excluding hydrogens is 230 g/mol. The van der Waals surface area contributed by atoms with Crippen molar-refractivity contribution in [3.63, 3.8) is 0 Å². The minimum absolute atomic E-state index is 0.362. The Morgan fingerprint density at radius 3 is 2.72 bits per heavy atom. The monoisotopic (exact) mass is 251 g/mol. The molecule has 0 bridgehead atoms. The molecule has 1 heterocycles. The summed E-state index contributed by atoms with van der Waals surface area (Å²) >= 11 is 0. The first kappa shape index (κ1) is 13.2. The fourth-order valence-corrected chi connectivity index (χ4v) is 2.26. The Balaban J connectivity index is 2.20. The maximum atomic E-state index is 9.54. The van der Waals surface area contributed by atoms with Gasteiger partial charge in [-0.3, -0.25) is 0 Å². The number of nitrogens with zero attached hydrogens (tertiary/aromatic N) is 1. The van der Waals surface area contributed by atoms with Crippen LogP contribution in [-0.4, -0.2) is 44.6 Å². The molecule has 0 spiro atoms. The Morgan fingerprint density at radius 1 is 1.39 bits per heavy atom. The summed E-state index contributed by atoms with van der Waals surface area (Å²) in [5.74, 6) is 0.841. The van der Waals surface area contributed by atoms with Crippen LogP contribution in [-0.2, 0) is 11.2 Å². The predicted octanol–water partition coefficient (Wildman–Crippen LogP) is 1.46. The van der Waals surface area contributed by atoms with Crippen molar-refractivity contribution in [2.45, 2.75) is 19.4 Å². The zero-order chi connectivity index (χ0) is 13.0. The molecule has 1 unspecified atom stereocenters. The van der Waals surface area contributed by atoms with Gasteiger partial charge in [-0.15, -0.1) is 0 Å². The number of methoxy groups -OCH3 is 1. The van der Waals surface area contributed by atoms with Crippen molar-refractivity contribution < 1.29 is 14.6 Å². The van der Waals surface area contributed by atoms with E-state index in [1.165, 1.54) is 5.69 Å². The number of anilines is 1. The molecule has 0 aliphatic carbocycles. The summed E-state index contributed by atoms with van der Waals surface area (Å²) in [5, 5.41) is 9.54. The van der Waals surface area contributed by atoms with E-state index in [-0.39, 0.29) is 6.10 Å². The first-order chi connectivity index (χ1) is 8.70. The first-order valence-corrected chi connectivity index (χ1v) is 6.38. The zero-order valence-corrected chi connectivity index (χ0v) is 11.1. The van der Waals surface area contributed by atoms with Crippen molar-refractivity contribution in [3.05, 3.63) is 23.8 Å². The van der Waals surface area contributed by atoms with Gasteiger partial charge in [0.15, 0.2) is 0 Å². The second-order valence-electron chi connectivity index (χ2n) is 4.65. The quantitative estimate of drug-likeness (QED) is 0.879. The minimum atomic E-state index is -0.362. The molecule has 0 radical (unpaired) electrons. The summed E-state index contributed by atoms with van der Waals surface area (Å²) in [7, 11) is 1.66. The highest BCUT2D eigenvalue weighted by atomic mass is 16.5. The number of rotatable bonds is 4. The van der Waals surface area contributed by atoms with Gasteiger partial charge in [0.1, 0.15) is 5.75 Å². The average Bonchev–Trinajstić information content (AvgIpc) is 2.39. The third kappa shape index (κ3) is 3.15. The molecule has 1 atom stereocenters. The number of aliphatic hydroxyl groups excluding tert-OH is 1. The van der Waals surface area contributed by atoms with Gasteiger partial charge < -0.3 is 19.5 Å². The zero-order valence-electron chi connectivity index (χ0n) is 11.1. The second kappa shape index (κ2) is 6.07. The van der Waals surface area contributed by atoms with Gasteiger partial charge in [0.25, 0.3) is 0 Å². The second-order valence-corrected chi connectivity index (χ2v) is 4.65. The lowest BCUT2D eigenvalue weighted by Gasteiger charge is -2.29. The predicted molar refractivity (Wildman–Crippen MR) is 71.4 cm³/mol. The SMILES string of the molecule is COc1ccc(N2CCOCC2)cc1CC(C)O. The molecule has 1 saturated heterocycles. The average molecular weight is 251 g/mol. The highest BCUT2D eigenvalue weighted by molar-refractivity contribution is 5.53. The molecule has 18 heavy (non-hydrogen) atoms. The molecule has 100 valence electrons. The van der Waals surface area contributed by atoms with Gasteiger partial charge in [0.05, 0.1) is 26.4 Å². The van der Waals surface area contributed by atoms with Gasteiger partial charge in [0.2, 0.25) is 0 Å². The molecule has 1 aliphatic rings. The van der Waals surface area contributed by atoms with Crippen LogP contribution in [0.25, 0.3) is 0 Å². The van der Waals surface area contributed by atoms with Crippen LogP contribution >= 0.6 is 0 Å². The van der Waals surface area contributed by atoms with E-state index in [9.17, 15) is 5.11 Å². The summed E-state index contributed by atoms with van der Waals surface area (Å²) in [5.41, 5.74) is 2.23. The van der Waals surface area contributed by atoms with Crippen molar-refractivity contribution in [2.75, 3.05) is 38.3 Å². The van der Waals surface area contributed by atoms with Crippen LogP contribution in [0.1, 0.15) is 12.5 Å². The number of morpholine rings is 1. The van der Waals surface area contributed by atoms with Crippen LogP contribution in [0.15, 0.2) is 18.2 Å². The van der Waals surface area contributed by atoms with Crippen LogP contribution in [0.5, 0.6) is 5.75 Å². The molecule has 4 heteroatoms. The molecular formula is C14H21NO3. The van der Waals surface area contributed by atoms with E-state index in [4.69, 9.17) is 9.47 Å². The summed E-state index contributed by atoms with van der Waals surface area (Å²) < 4.78 is 10.7. The minimum Gasteiger partial charge on any atom is -0.496 e.